The quantitative estimate of drug-likeness (QED) is 0.228. The molecular formula is C30H50N4. The van der Waals surface area contributed by atoms with E-state index in [1.54, 1.807) is 0 Å². The summed E-state index contributed by atoms with van der Waals surface area (Å²) < 4.78 is 0. The minimum absolute atomic E-state index is 0.953. The Bertz CT molecular complexity index is 664. The van der Waals surface area contributed by atoms with Crippen molar-refractivity contribution in [3.05, 3.63) is 59.7 Å². The van der Waals surface area contributed by atoms with Gasteiger partial charge in [-0.3, -0.25) is 0 Å². The number of rotatable bonds is 19. The van der Waals surface area contributed by atoms with Crippen LogP contribution in [0, 0.1) is 0 Å². The molecule has 34 heavy (non-hydrogen) atoms. The third-order valence-electron chi connectivity index (χ3n) is 6.19. The second kappa shape index (κ2) is 17.4. The van der Waals surface area contributed by atoms with Crippen LogP contribution in [0.15, 0.2) is 48.5 Å². The van der Waals surface area contributed by atoms with Crippen LogP contribution in [0.4, 0.5) is 11.4 Å². The molecule has 0 aliphatic heterocycles. The molecule has 2 aromatic rings. The van der Waals surface area contributed by atoms with Crippen molar-refractivity contribution in [1.82, 2.24) is 10.6 Å². The predicted molar refractivity (Wildman–Crippen MR) is 151 cm³/mol. The Morgan fingerprint density at radius 1 is 0.500 bits per heavy atom. The summed E-state index contributed by atoms with van der Waals surface area (Å²) in [6.45, 7) is 17.6. The Morgan fingerprint density at radius 3 is 1.12 bits per heavy atom. The summed E-state index contributed by atoms with van der Waals surface area (Å²) in [5.41, 5.74) is 5.45. The van der Waals surface area contributed by atoms with Gasteiger partial charge in [0.05, 0.1) is 0 Å². The van der Waals surface area contributed by atoms with E-state index in [2.05, 4.69) is 96.7 Å². The zero-order valence-electron chi connectivity index (χ0n) is 22.4. The standard InChI is InChI=1S/C30H50N4/c1-5-21-33(22-6-2)29-15-11-27(12-16-29)25-31-19-9-10-20-32-26-28-13-17-30(18-14-28)34(23-7-3)24-8-4/h11-18,31-32H,5-10,19-26H2,1-4H3. The summed E-state index contributed by atoms with van der Waals surface area (Å²) in [4.78, 5) is 4.98. The second-order valence-electron chi connectivity index (χ2n) is 9.37. The lowest BCUT2D eigenvalue weighted by Gasteiger charge is -2.24. The molecule has 2 rings (SSSR count). The van der Waals surface area contributed by atoms with Gasteiger partial charge in [-0.25, -0.2) is 0 Å². The lowest BCUT2D eigenvalue weighted by atomic mass is 10.1. The highest BCUT2D eigenvalue weighted by Crippen LogP contribution is 2.17. The van der Waals surface area contributed by atoms with E-state index >= 15 is 0 Å². The first-order chi connectivity index (χ1) is 16.7. The van der Waals surface area contributed by atoms with Crippen LogP contribution in [0.2, 0.25) is 0 Å². The highest BCUT2D eigenvalue weighted by atomic mass is 15.1. The molecule has 0 saturated heterocycles. The fourth-order valence-corrected chi connectivity index (χ4v) is 4.43. The van der Waals surface area contributed by atoms with E-state index in [0.717, 1.165) is 52.4 Å². The lowest BCUT2D eigenvalue weighted by Crippen LogP contribution is -2.24. The molecule has 190 valence electrons. The molecule has 4 nitrogen and oxygen atoms in total. The molecule has 0 atom stereocenters. The average Bonchev–Trinajstić information content (AvgIpc) is 2.86. The SMILES string of the molecule is CCCN(CCC)c1ccc(CNCCCCNCc2ccc(N(CCC)CCC)cc2)cc1. The normalized spacial score (nSPS) is 11.1. The largest absolute Gasteiger partial charge is 0.372 e. The number of anilines is 2. The Hall–Kier alpha value is -2.04. The Morgan fingerprint density at radius 2 is 0.824 bits per heavy atom. The summed E-state index contributed by atoms with van der Waals surface area (Å²) in [5.74, 6) is 0. The van der Waals surface area contributed by atoms with Crippen molar-refractivity contribution < 1.29 is 0 Å². The van der Waals surface area contributed by atoms with Crippen molar-refractivity contribution in [3.63, 3.8) is 0 Å². The first-order valence-corrected chi connectivity index (χ1v) is 13.8. The van der Waals surface area contributed by atoms with Crippen molar-refractivity contribution in [2.75, 3.05) is 49.1 Å². The van der Waals surface area contributed by atoms with Gasteiger partial charge in [0.2, 0.25) is 0 Å². The van der Waals surface area contributed by atoms with Gasteiger partial charge in [-0.15, -0.1) is 0 Å². The maximum atomic E-state index is 3.60. The Balaban J connectivity index is 1.58. The first-order valence-electron chi connectivity index (χ1n) is 13.8. The highest BCUT2D eigenvalue weighted by Gasteiger charge is 2.05. The third kappa shape index (κ3) is 10.5. The number of nitrogens with one attached hydrogen (secondary N) is 2. The molecule has 0 spiro atoms. The summed E-state index contributed by atoms with van der Waals surface area (Å²) in [6.07, 6.45) is 7.19. The summed E-state index contributed by atoms with van der Waals surface area (Å²) in [6, 6.07) is 18.2. The molecule has 0 aliphatic carbocycles. The van der Waals surface area contributed by atoms with Crippen LogP contribution in [-0.2, 0) is 13.1 Å². The molecule has 0 aliphatic rings. The van der Waals surface area contributed by atoms with Crippen molar-refractivity contribution in [3.8, 4) is 0 Å². The zero-order chi connectivity index (χ0) is 24.4. The highest BCUT2D eigenvalue weighted by molar-refractivity contribution is 5.48. The van der Waals surface area contributed by atoms with E-state index in [-0.39, 0.29) is 0 Å². The maximum Gasteiger partial charge on any atom is 0.0366 e. The smallest absolute Gasteiger partial charge is 0.0366 e. The first kappa shape index (κ1) is 28.2. The molecule has 0 radical (unpaired) electrons. The average molecular weight is 467 g/mol. The van der Waals surface area contributed by atoms with Crippen LogP contribution < -0.4 is 20.4 Å². The molecule has 0 heterocycles. The molecule has 0 fully saturated rings. The molecule has 0 aromatic heterocycles. The monoisotopic (exact) mass is 466 g/mol. The molecule has 2 N–H and O–H groups in total. The van der Waals surface area contributed by atoms with E-state index in [1.165, 1.54) is 61.0 Å². The van der Waals surface area contributed by atoms with E-state index < -0.39 is 0 Å². The van der Waals surface area contributed by atoms with Crippen LogP contribution in [0.5, 0.6) is 0 Å². The fourth-order valence-electron chi connectivity index (χ4n) is 4.43. The molecule has 0 amide bonds. The molecule has 2 aromatic carbocycles. The van der Waals surface area contributed by atoms with Crippen molar-refractivity contribution >= 4 is 11.4 Å². The molecule has 0 unspecified atom stereocenters. The number of benzene rings is 2. The number of hydrogen-bond acceptors (Lipinski definition) is 4. The molecular weight excluding hydrogens is 416 g/mol. The Kier molecular flexibility index (Phi) is 14.4. The summed E-state index contributed by atoms with van der Waals surface area (Å²) in [7, 11) is 0. The van der Waals surface area contributed by atoms with Gasteiger partial charge in [0.1, 0.15) is 0 Å². The van der Waals surface area contributed by atoms with Crippen LogP contribution >= 0.6 is 0 Å². The molecule has 4 heteroatoms. The minimum Gasteiger partial charge on any atom is -0.372 e. The van der Waals surface area contributed by atoms with Gasteiger partial charge in [0.15, 0.2) is 0 Å². The Labute approximate surface area is 210 Å². The number of nitrogens with zero attached hydrogens (tertiary/aromatic N) is 2. The molecule has 0 saturated carbocycles. The van der Waals surface area contributed by atoms with Crippen molar-refractivity contribution in [1.29, 1.82) is 0 Å². The van der Waals surface area contributed by atoms with Crippen LogP contribution in [-0.4, -0.2) is 39.3 Å². The van der Waals surface area contributed by atoms with Crippen molar-refractivity contribution in [2.24, 2.45) is 0 Å². The van der Waals surface area contributed by atoms with E-state index in [9.17, 15) is 0 Å². The minimum atomic E-state index is 0.953. The van der Waals surface area contributed by atoms with Gasteiger partial charge in [-0.05, 0) is 87.0 Å². The predicted octanol–water partition coefficient (Wildman–Crippen LogP) is 6.60. The number of hydrogen-bond donors (Lipinski definition) is 2. The van der Waals surface area contributed by atoms with E-state index in [4.69, 9.17) is 0 Å². The van der Waals surface area contributed by atoms with Crippen molar-refractivity contribution in [2.45, 2.75) is 79.3 Å². The topological polar surface area (TPSA) is 30.5 Å². The molecule has 0 bridgehead atoms. The van der Waals surface area contributed by atoms with Gasteiger partial charge in [-0.2, -0.15) is 0 Å². The number of unbranched alkanes of at least 4 members (excludes halogenated alkanes) is 1. The van der Waals surface area contributed by atoms with Gasteiger partial charge in [0, 0.05) is 50.6 Å². The fraction of sp³-hybridized carbons (Fsp3) is 0.600. The van der Waals surface area contributed by atoms with Crippen LogP contribution in [0.25, 0.3) is 0 Å². The lowest BCUT2D eigenvalue weighted by molar-refractivity contribution is 0.582. The maximum absolute atomic E-state index is 3.60. The van der Waals surface area contributed by atoms with Gasteiger partial charge >= 0.3 is 0 Å². The van der Waals surface area contributed by atoms with Crippen LogP contribution in [0.3, 0.4) is 0 Å². The summed E-state index contributed by atoms with van der Waals surface area (Å²) in [5, 5.41) is 7.20. The second-order valence-corrected chi connectivity index (χ2v) is 9.37. The van der Waals surface area contributed by atoms with E-state index in [1.807, 2.05) is 0 Å². The third-order valence-corrected chi connectivity index (χ3v) is 6.19. The van der Waals surface area contributed by atoms with E-state index in [0.29, 0.717) is 0 Å². The summed E-state index contributed by atoms with van der Waals surface area (Å²) >= 11 is 0. The van der Waals surface area contributed by atoms with Crippen LogP contribution in [0.1, 0.15) is 77.3 Å². The van der Waals surface area contributed by atoms with Gasteiger partial charge < -0.3 is 20.4 Å². The zero-order valence-corrected chi connectivity index (χ0v) is 22.4. The van der Waals surface area contributed by atoms with Gasteiger partial charge in [-0.1, -0.05) is 52.0 Å². The van der Waals surface area contributed by atoms with Gasteiger partial charge in [0.25, 0.3) is 0 Å².